The SMILES string of the molecule is O=C(NCc1cccnc1)C1CC12CCN(C(=O)NCc1cccc(F)c1)C2. The highest BCUT2D eigenvalue weighted by atomic mass is 19.1. The third-order valence-corrected chi connectivity index (χ3v) is 5.70. The zero-order valence-corrected chi connectivity index (χ0v) is 15.5. The van der Waals surface area contributed by atoms with Crippen LogP contribution in [0.2, 0.25) is 0 Å². The Bertz CT molecular complexity index is 876. The zero-order chi connectivity index (χ0) is 19.6. The number of amides is 3. The van der Waals surface area contributed by atoms with Crippen molar-refractivity contribution in [2.75, 3.05) is 13.1 Å². The van der Waals surface area contributed by atoms with Crippen LogP contribution in [0, 0.1) is 17.2 Å². The summed E-state index contributed by atoms with van der Waals surface area (Å²) in [6.45, 7) is 1.99. The first-order valence-electron chi connectivity index (χ1n) is 9.50. The molecular weight excluding hydrogens is 359 g/mol. The molecule has 7 heteroatoms. The quantitative estimate of drug-likeness (QED) is 0.834. The molecule has 2 N–H and O–H groups in total. The van der Waals surface area contributed by atoms with Crippen LogP contribution in [0.1, 0.15) is 24.0 Å². The molecule has 6 nitrogen and oxygen atoms in total. The van der Waals surface area contributed by atoms with E-state index in [9.17, 15) is 14.0 Å². The summed E-state index contributed by atoms with van der Waals surface area (Å²) in [6.07, 6.45) is 5.10. The maximum absolute atomic E-state index is 13.2. The van der Waals surface area contributed by atoms with Crippen LogP contribution in [0.25, 0.3) is 0 Å². The first-order valence-corrected chi connectivity index (χ1v) is 9.50. The number of hydrogen-bond acceptors (Lipinski definition) is 3. The van der Waals surface area contributed by atoms with Crippen molar-refractivity contribution in [3.63, 3.8) is 0 Å². The van der Waals surface area contributed by atoms with Gasteiger partial charge in [-0.2, -0.15) is 0 Å². The summed E-state index contributed by atoms with van der Waals surface area (Å²) in [5.41, 5.74) is 1.60. The Morgan fingerprint density at radius 1 is 1.18 bits per heavy atom. The number of carbonyl (C=O) groups is 2. The van der Waals surface area contributed by atoms with Crippen molar-refractivity contribution in [2.24, 2.45) is 11.3 Å². The molecule has 1 spiro atoms. The summed E-state index contributed by atoms with van der Waals surface area (Å²) < 4.78 is 13.2. The van der Waals surface area contributed by atoms with Crippen LogP contribution in [0.3, 0.4) is 0 Å². The van der Waals surface area contributed by atoms with Gasteiger partial charge in [-0.25, -0.2) is 9.18 Å². The lowest BCUT2D eigenvalue weighted by atomic mass is 10.0. The minimum Gasteiger partial charge on any atom is -0.352 e. The lowest BCUT2D eigenvalue weighted by Crippen LogP contribution is -2.38. The van der Waals surface area contributed by atoms with Crippen molar-refractivity contribution in [3.8, 4) is 0 Å². The number of benzene rings is 1. The van der Waals surface area contributed by atoms with E-state index in [2.05, 4.69) is 15.6 Å². The maximum atomic E-state index is 13.2. The molecule has 2 aliphatic rings. The fourth-order valence-electron chi connectivity index (χ4n) is 3.99. The largest absolute Gasteiger partial charge is 0.352 e. The number of nitrogens with zero attached hydrogens (tertiary/aromatic N) is 2. The molecule has 1 aliphatic heterocycles. The van der Waals surface area contributed by atoms with E-state index in [1.807, 2.05) is 12.1 Å². The molecule has 2 fully saturated rings. The van der Waals surface area contributed by atoms with Gasteiger partial charge in [-0.05, 0) is 42.2 Å². The number of rotatable bonds is 5. The second kappa shape index (κ2) is 7.58. The standard InChI is InChI=1S/C21H23FN4O2/c22-17-5-1-3-15(9-17)12-25-20(28)26-8-6-21(14-26)10-18(21)19(27)24-13-16-4-2-7-23-11-16/h1-5,7,9,11,18H,6,8,10,12-14H2,(H,24,27)(H,25,28). The highest BCUT2D eigenvalue weighted by Gasteiger charge is 2.61. The van der Waals surface area contributed by atoms with E-state index < -0.39 is 0 Å². The Hall–Kier alpha value is -2.96. The van der Waals surface area contributed by atoms with E-state index in [0.29, 0.717) is 19.6 Å². The van der Waals surface area contributed by atoms with Crippen molar-refractivity contribution >= 4 is 11.9 Å². The topological polar surface area (TPSA) is 74.3 Å². The zero-order valence-electron chi connectivity index (χ0n) is 15.5. The van der Waals surface area contributed by atoms with E-state index in [-0.39, 0.29) is 35.6 Å². The molecule has 1 aromatic heterocycles. The van der Waals surface area contributed by atoms with Crippen LogP contribution in [0.5, 0.6) is 0 Å². The summed E-state index contributed by atoms with van der Waals surface area (Å²) in [6, 6.07) is 9.80. The van der Waals surface area contributed by atoms with Gasteiger partial charge >= 0.3 is 6.03 Å². The number of hydrogen-bond donors (Lipinski definition) is 2. The van der Waals surface area contributed by atoms with Crippen molar-refractivity contribution < 1.29 is 14.0 Å². The van der Waals surface area contributed by atoms with Crippen molar-refractivity contribution in [2.45, 2.75) is 25.9 Å². The summed E-state index contributed by atoms with van der Waals surface area (Å²) in [4.78, 5) is 30.7. The molecule has 3 amide bonds. The first-order chi connectivity index (χ1) is 13.6. The molecule has 1 saturated carbocycles. The van der Waals surface area contributed by atoms with Crippen LogP contribution in [0.15, 0.2) is 48.8 Å². The van der Waals surface area contributed by atoms with Gasteiger partial charge in [0, 0.05) is 49.9 Å². The Kier molecular flexibility index (Phi) is 4.98. The van der Waals surface area contributed by atoms with Crippen LogP contribution in [0.4, 0.5) is 9.18 Å². The van der Waals surface area contributed by atoms with Crippen molar-refractivity contribution in [1.29, 1.82) is 0 Å². The predicted molar refractivity (Wildman–Crippen MR) is 101 cm³/mol. The molecular formula is C21H23FN4O2. The molecule has 2 heterocycles. The molecule has 28 heavy (non-hydrogen) atoms. The van der Waals surface area contributed by atoms with Gasteiger partial charge in [0.15, 0.2) is 0 Å². The van der Waals surface area contributed by atoms with Crippen LogP contribution < -0.4 is 10.6 Å². The van der Waals surface area contributed by atoms with Gasteiger partial charge in [-0.15, -0.1) is 0 Å². The van der Waals surface area contributed by atoms with Gasteiger partial charge < -0.3 is 15.5 Å². The Balaban J connectivity index is 1.25. The van der Waals surface area contributed by atoms with Crippen molar-refractivity contribution in [3.05, 3.63) is 65.7 Å². The molecule has 4 rings (SSSR count). The Morgan fingerprint density at radius 3 is 2.79 bits per heavy atom. The minimum atomic E-state index is -0.315. The lowest BCUT2D eigenvalue weighted by molar-refractivity contribution is -0.123. The van der Waals surface area contributed by atoms with E-state index in [1.54, 1.807) is 29.4 Å². The van der Waals surface area contributed by atoms with Gasteiger partial charge in [0.2, 0.25) is 5.91 Å². The molecule has 1 aromatic carbocycles. The molecule has 2 aromatic rings. The van der Waals surface area contributed by atoms with Crippen LogP contribution >= 0.6 is 0 Å². The molecule has 1 aliphatic carbocycles. The number of aromatic nitrogens is 1. The van der Waals surface area contributed by atoms with Gasteiger partial charge in [0.25, 0.3) is 0 Å². The smallest absolute Gasteiger partial charge is 0.317 e. The molecule has 146 valence electrons. The number of urea groups is 1. The molecule has 2 unspecified atom stereocenters. The van der Waals surface area contributed by atoms with E-state index in [0.717, 1.165) is 24.0 Å². The normalized spacial score (nSPS) is 22.9. The molecule has 1 saturated heterocycles. The van der Waals surface area contributed by atoms with Gasteiger partial charge in [0.05, 0.1) is 0 Å². The number of halogens is 1. The van der Waals surface area contributed by atoms with Crippen LogP contribution in [-0.4, -0.2) is 34.9 Å². The van der Waals surface area contributed by atoms with Gasteiger partial charge in [-0.3, -0.25) is 9.78 Å². The molecule has 2 atom stereocenters. The third kappa shape index (κ3) is 3.98. The second-order valence-electron chi connectivity index (χ2n) is 7.66. The maximum Gasteiger partial charge on any atom is 0.317 e. The van der Waals surface area contributed by atoms with Gasteiger partial charge in [0.1, 0.15) is 5.82 Å². The van der Waals surface area contributed by atoms with E-state index in [4.69, 9.17) is 0 Å². The summed E-state index contributed by atoms with van der Waals surface area (Å²) in [5, 5.41) is 5.81. The van der Waals surface area contributed by atoms with Gasteiger partial charge in [-0.1, -0.05) is 18.2 Å². The molecule has 0 radical (unpaired) electrons. The number of pyridine rings is 1. The summed E-state index contributed by atoms with van der Waals surface area (Å²) in [7, 11) is 0. The first kappa shape index (κ1) is 18.4. The fraction of sp³-hybridized carbons (Fsp3) is 0.381. The van der Waals surface area contributed by atoms with E-state index >= 15 is 0 Å². The monoisotopic (exact) mass is 382 g/mol. The van der Waals surface area contributed by atoms with Crippen LogP contribution in [-0.2, 0) is 17.9 Å². The highest BCUT2D eigenvalue weighted by molar-refractivity contribution is 5.83. The molecule has 0 bridgehead atoms. The number of carbonyl (C=O) groups excluding carboxylic acids is 2. The highest BCUT2D eigenvalue weighted by Crippen LogP contribution is 2.58. The fourth-order valence-corrected chi connectivity index (χ4v) is 3.99. The average Bonchev–Trinajstić information content (AvgIpc) is 3.24. The number of likely N-dealkylation sites (tertiary alicyclic amines) is 1. The lowest BCUT2D eigenvalue weighted by Gasteiger charge is -2.17. The Morgan fingerprint density at radius 2 is 2.00 bits per heavy atom. The Labute approximate surface area is 163 Å². The average molecular weight is 382 g/mol. The number of nitrogens with one attached hydrogen (secondary N) is 2. The minimum absolute atomic E-state index is 0.0369. The second-order valence-corrected chi connectivity index (χ2v) is 7.66. The summed E-state index contributed by atoms with van der Waals surface area (Å²) in [5.74, 6) is -0.305. The predicted octanol–water partition coefficient (Wildman–Crippen LogP) is 2.46. The third-order valence-electron chi connectivity index (χ3n) is 5.70. The summed E-state index contributed by atoms with van der Waals surface area (Å²) >= 11 is 0. The van der Waals surface area contributed by atoms with Crippen molar-refractivity contribution in [1.82, 2.24) is 20.5 Å². The van der Waals surface area contributed by atoms with E-state index in [1.165, 1.54) is 12.1 Å².